The highest BCUT2D eigenvalue weighted by molar-refractivity contribution is 8.93. The molecule has 88 valence electrons. The Morgan fingerprint density at radius 1 is 1.06 bits per heavy atom. The second-order valence-electron chi connectivity index (χ2n) is 3.77. The smallest absolute Gasteiger partial charge is 0.0897 e. The molecule has 3 nitrogen and oxygen atoms in total. The summed E-state index contributed by atoms with van der Waals surface area (Å²) in [4.78, 5) is 4.51. The first kappa shape index (κ1) is 13.1. The van der Waals surface area contributed by atoms with E-state index in [0.29, 0.717) is 6.54 Å². The van der Waals surface area contributed by atoms with Crippen molar-refractivity contribution in [2.45, 2.75) is 6.54 Å². The molecule has 1 heterocycles. The summed E-state index contributed by atoms with van der Waals surface area (Å²) in [5, 5.41) is 0. The average molecular weight is 284 g/mol. The fourth-order valence-corrected chi connectivity index (χ4v) is 1.75. The Hall–Kier alpha value is -1.00. The molecule has 0 amide bonds. The predicted molar refractivity (Wildman–Crippen MR) is 72.1 cm³/mol. The lowest BCUT2D eigenvalue weighted by molar-refractivity contribution is 0.264. The summed E-state index contributed by atoms with van der Waals surface area (Å²) in [6, 6.07) is 10.5. The molecule has 0 aromatic heterocycles. The minimum absolute atomic E-state index is 0. The molecule has 0 saturated heterocycles. The van der Waals surface area contributed by atoms with Gasteiger partial charge in [0.2, 0.25) is 0 Å². The van der Waals surface area contributed by atoms with Crippen molar-refractivity contribution in [1.82, 2.24) is 9.80 Å². The molecule has 1 aromatic rings. The van der Waals surface area contributed by atoms with E-state index in [2.05, 4.69) is 46.5 Å². The zero-order chi connectivity index (χ0) is 10.5. The van der Waals surface area contributed by atoms with Crippen molar-refractivity contribution >= 4 is 17.0 Å². The first-order valence-corrected chi connectivity index (χ1v) is 5.29. The molecule has 0 radical (unpaired) electrons. The Labute approximate surface area is 107 Å². The highest BCUT2D eigenvalue weighted by Gasteiger charge is 2.10. The van der Waals surface area contributed by atoms with E-state index in [1.54, 1.807) is 0 Å². The van der Waals surface area contributed by atoms with Gasteiger partial charge in [0.05, 0.1) is 6.67 Å². The molecule has 0 aliphatic carbocycles. The van der Waals surface area contributed by atoms with Gasteiger partial charge in [-0.25, -0.2) is 0 Å². The van der Waals surface area contributed by atoms with E-state index < -0.39 is 0 Å². The van der Waals surface area contributed by atoms with Crippen molar-refractivity contribution in [3.8, 4) is 0 Å². The van der Waals surface area contributed by atoms with Gasteiger partial charge in [-0.1, -0.05) is 30.3 Å². The Balaban J connectivity index is 0.00000128. The van der Waals surface area contributed by atoms with Crippen molar-refractivity contribution in [3.63, 3.8) is 0 Å². The third kappa shape index (κ3) is 3.54. The summed E-state index contributed by atoms with van der Waals surface area (Å²) in [5.74, 6) is 0. The van der Waals surface area contributed by atoms with Gasteiger partial charge < -0.3 is 15.5 Å². The van der Waals surface area contributed by atoms with Crippen LogP contribution in [-0.4, -0.2) is 29.6 Å². The van der Waals surface area contributed by atoms with Crippen LogP contribution in [0.5, 0.6) is 0 Å². The third-order valence-corrected chi connectivity index (χ3v) is 2.50. The van der Waals surface area contributed by atoms with Crippen LogP contribution in [-0.2, 0) is 6.54 Å². The van der Waals surface area contributed by atoms with E-state index in [0.717, 1.165) is 19.8 Å². The van der Waals surface area contributed by atoms with Crippen LogP contribution in [0.25, 0.3) is 0 Å². The van der Waals surface area contributed by atoms with Crippen LogP contribution >= 0.6 is 17.0 Å². The molecule has 1 aliphatic heterocycles. The van der Waals surface area contributed by atoms with Gasteiger partial charge in [-0.15, -0.1) is 17.0 Å². The van der Waals surface area contributed by atoms with Gasteiger partial charge in [0.25, 0.3) is 0 Å². The SMILES string of the molecule is Br.NCCN1C=CN(Cc2ccccc2)C1. The fourth-order valence-electron chi connectivity index (χ4n) is 1.75. The Morgan fingerprint density at radius 3 is 2.44 bits per heavy atom. The minimum Gasteiger partial charge on any atom is -0.357 e. The van der Waals surface area contributed by atoms with Gasteiger partial charge in [0, 0.05) is 32.0 Å². The monoisotopic (exact) mass is 283 g/mol. The number of halogens is 1. The van der Waals surface area contributed by atoms with Gasteiger partial charge in [0.1, 0.15) is 0 Å². The molecular formula is C12H18BrN3. The molecule has 16 heavy (non-hydrogen) atoms. The molecule has 2 rings (SSSR count). The Bertz CT molecular complexity index is 326. The maximum absolute atomic E-state index is 5.51. The zero-order valence-corrected chi connectivity index (χ0v) is 11.0. The number of rotatable bonds is 4. The van der Waals surface area contributed by atoms with Crippen LogP contribution in [0.15, 0.2) is 42.7 Å². The standard InChI is InChI=1S/C12H17N3.BrH/c13-6-7-14-8-9-15(11-14)10-12-4-2-1-3-5-12;/h1-5,8-9H,6-7,10-11,13H2;1H. The maximum Gasteiger partial charge on any atom is 0.0897 e. The lowest BCUT2D eigenvalue weighted by Gasteiger charge is -2.20. The van der Waals surface area contributed by atoms with Gasteiger partial charge in [-0.05, 0) is 5.56 Å². The summed E-state index contributed by atoms with van der Waals surface area (Å²) in [6.07, 6.45) is 4.23. The van der Waals surface area contributed by atoms with Crippen molar-refractivity contribution in [1.29, 1.82) is 0 Å². The van der Waals surface area contributed by atoms with Crippen LogP contribution in [0.4, 0.5) is 0 Å². The summed E-state index contributed by atoms with van der Waals surface area (Å²) < 4.78 is 0. The maximum atomic E-state index is 5.51. The van der Waals surface area contributed by atoms with Crippen molar-refractivity contribution in [3.05, 3.63) is 48.3 Å². The lowest BCUT2D eigenvalue weighted by Crippen LogP contribution is -2.29. The molecule has 0 fully saturated rings. The van der Waals surface area contributed by atoms with E-state index in [-0.39, 0.29) is 17.0 Å². The van der Waals surface area contributed by atoms with Crippen LogP contribution in [0.2, 0.25) is 0 Å². The number of hydrogen-bond donors (Lipinski definition) is 1. The molecule has 0 unspecified atom stereocenters. The zero-order valence-electron chi connectivity index (χ0n) is 9.25. The lowest BCUT2D eigenvalue weighted by atomic mass is 10.2. The summed E-state index contributed by atoms with van der Waals surface area (Å²) >= 11 is 0. The summed E-state index contributed by atoms with van der Waals surface area (Å²) in [5.41, 5.74) is 6.86. The highest BCUT2D eigenvalue weighted by atomic mass is 79.9. The van der Waals surface area contributed by atoms with E-state index in [9.17, 15) is 0 Å². The van der Waals surface area contributed by atoms with Gasteiger partial charge >= 0.3 is 0 Å². The molecular weight excluding hydrogens is 266 g/mol. The largest absolute Gasteiger partial charge is 0.357 e. The molecule has 2 N–H and O–H groups in total. The number of nitrogens with zero attached hydrogens (tertiary/aromatic N) is 2. The van der Waals surface area contributed by atoms with Crippen molar-refractivity contribution in [2.75, 3.05) is 19.8 Å². The van der Waals surface area contributed by atoms with Crippen LogP contribution in [0.1, 0.15) is 5.56 Å². The minimum atomic E-state index is 0. The third-order valence-electron chi connectivity index (χ3n) is 2.50. The van der Waals surface area contributed by atoms with Crippen LogP contribution in [0, 0.1) is 0 Å². The van der Waals surface area contributed by atoms with Gasteiger partial charge in [-0.2, -0.15) is 0 Å². The molecule has 0 spiro atoms. The topological polar surface area (TPSA) is 32.5 Å². The summed E-state index contributed by atoms with van der Waals surface area (Å²) in [7, 11) is 0. The predicted octanol–water partition coefficient (Wildman–Crippen LogP) is 1.77. The van der Waals surface area contributed by atoms with Crippen molar-refractivity contribution in [2.24, 2.45) is 5.73 Å². The first-order valence-electron chi connectivity index (χ1n) is 5.29. The number of benzene rings is 1. The molecule has 0 atom stereocenters. The van der Waals surface area contributed by atoms with E-state index in [1.165, 1.54) is 5.56 Å². The van der Waals surface area contributed by atoms with E-state index >= 15 is 0 Å². The second kappa shape index (κ2) is 6.55. The molecule has 0 saturated carbocycles. The summed E-state index contributed by atoms with van der Waals surface area (Å²) in [6.45, 7) is 3.57. The first-order chi connectivity index (χ1) is 7.38. The second-order valence-corrected chi connectivity index (χ2v) is 3.77. The van der Waals surface area contributed by atoms with Crippen molar-refractivity contribution < 1.29 is 0 Å². The normalized spacial score (nSPS) is 14.1. The van der Waals surface area contributed by atoms with E-state index in [1.807, 2.05) is 6.07 Å². The van der Waals surface area contributed by atoms with Gasteiger partial charge in [-0.3, -0.25) is 0 Å². The molecule has 4 heteroatoms. The molecule has 1 aliphatic rings. The Morgan fingerprint density at radius 2 is 1.75 bits per heavy atom. The van der Waals surface area contributed by atoms with Gasteiger partial charge in [0.15, 0.2) is 0 Å². The molecule has 0 bridgehead atoms. The highest BCUT2D eigenvalue weighted by Crippen LogP contribution is 2.10. The fraction of sp³-hybridized carbons (Fsp3) is 0.333. The number of nitrogens with two attached hydrogens (primary N) is 1. The molecule has 1 aromatic carbocycles. The number of hydrogen-bond acceptors (Lipinski definition) is 3. The van der Waals surface area contributed by atoms with Crippen LogP contribution < -0.4 is 5.73 Å². The Kier molecular flexibility index (Phi) is 5.35. The average Bonchev–Trinajstić information content (AvgIpc) is 2.68. The quantitative estimate of drug-likeness (QED) is 0.914. The van der Waals surface area contributed by atoms with Crippen LogP contribution in [0.3, 0.4) is 0 Å². The van der Waals surface area contributed by atoms with E-state index in [4.69, 9.17) is 5.73 Å².